The average Bonchev–Trinajstić information content (AvgIpc) is 3.33. The van der Waals surface area contributed by atoms with E-state index in [1.165, 1.54) is 26.9 Å². The highest BCUT2D eigenvalue weighted by Crippen LogP contribution is 2.30. The van der Waals surface area contributed by atoms with Crippen molar-refractivity contribution in [2.24, 2.45) is 0 Å². The highest BCUT2D eigenvalue weighted by Gasteiger charge is 2.26. The van der Waals surface area contributed by atoms with Crippen LogP contribution in [0.4, 0.5) is 10.6 Å². The van der Waals surface area contributed by atoms with Gasteiger partial charge >= 0.3 is 6.09 Å². The number of carbonyl (C=O) groups is 2. The number of aliphatic hydroxyl groups is 1. The van der Waals surface area contributed by atoms with Gasteiger partial charge in [-0.1, -0.05) is 13.3 Å². The van der Waals surface area contributed by atoms with Crippen molar-refractivity contribution in [3.63, 3.8) is 0 Å². The van der Waals surface area contributed by atoms with E-state index < -0.39 is 11.7 Å². The van der Waals surface area contributed by atoms with Crippen molar-refractivity contribution < 1.29 is 19.4 Å². The Balaban J connectivity index is 2.18. The molecule has 1 amide bonds. The van der Waals surface area contributed by atoms with Gasteiger partial charge in [0.15, 0.2) is 11.9 Å². The Morgan fingerprint density at radius 2 is 2.13 bits per heavy atom. The number of fused-ring (bicyclic) bond motifs is 1. The van der Waals surface area contributed by atoms with Gasteiger partial charge < -0.3 is 9.84 Å². The standard InChI is InChI=1S/C21H26N4O4S/c1-5-6-7-24(20(28)29-21(2,3)4)18-9-17(14-8-16(12-27)30-13-14)23-19-15(11-26)10-22-25(18)19/h8-11,13,27H,5-7,12H2,1-4H3. The van der Waals surface area contributed by atoms with E-state index in [-0.39, 0.29) is 6.61 Å². The largest absolute Gasteiger partial charge is 0.443 e. The van der Waals surface area contributed by atoms with Gasteiger partial charge in [0.25, 0.3) is 0 Å². The predicted octanol–water partition coefficient (Wildman–Crippen LogP) is 4.30. The van der Waals surface area contributed by atoms with E-state index in [9.17, 15) is 14.7 Å². The Labute approximate surface area is 179 Å². The number of aldehydes is 1. The quantitative estimate of drug-likeness (QED) is 0.561. The molecule has 0 saturated heterocycles. The number of hydrogen-bond acceptors (Lipinski definition) is 7. The maximum absolute atomic E-state index is 13.0. The van der Waals surface area contributed by atoms with Gasteiger partial charge in [0.2, 0.25) is 0 Å². The third-order valence-electron chi connectivity index (χ3n) is 4.34. The molecule has 0 unspecified atom stereocenters. The van der Waals surface area contributed by atoms with Crippen molar-refractivity contribution in [1.29, 1.82) is 0 Å². The van der Waals surface area contributed by atoms with Crippen LogP contribution in [-0.4, -0.2) is 44.2 Å². The lowest BCUT2D eigenvalue weighted by atomic mass is 10.2. The van der Waals surface area contributed by atoms with Gasteiger partial charge in [0, 0.05) is 28.4 Å². The summed E-state index contributed by atoms with van der Waals surface area (Å²) in [6, 6.07) is 3.60. The molecular formula is C21H26N4O4S. The Morgan fingerprint density at radius 1 is 1.37 bits per heavy atom. The van der Waals surface area contributed by atoms with Gasteiger partial charge in [-0.05, 0) is 33.3 Å². The van der Waals surface area contributed by atoms with Gasteiger partial charge in [0.1, 0.15) is 11.4 Å². The summed E-state index contributed by atoms with van der Waals surface area (Å²) in [4.78, 5) is 31.5. The van der Waals surface area contributed by atoms with Crippen LogP contribution in [0.5, 0.6) is 0 Å². The molecular weight excluding hydrogens is 404 g/mol. The van der Waals surface area contributed by atoms with Crippen LogP contribution in [0.1, 0.15) is 55.8 Å². The molecule has 0 aliphatic carbocycles. The number of carbonyl (C=O) groups excluding carboxylic acids is 2. The molecule has 3 heterocycles. The molecule has 9 heteroatoms. The number of anilines is 1. The SMILES string of the molecule is CCCCN(C(=O)OC(C)(C)C)c1cc(-c2csc(CO)c2)nc2c(C=O)cnn12. The van der Waals surface area contributed by atoms with Crippen molar-refractivity contribution in [2.45, 2.75) is 52.7 Å². The minimum Gasteiger partial charge on any atom is -0.443 e. The van der Waals surface area contributed by atoms with E-state index in [0.29, 0.717) is 35.6 Å². The monoisotopic (exact) mass is 430 g/mol. The van der Waals surface area contributed by atoms with Crippen molar-refractivity contribution in [2.75, 3.05) is 11.4 Å². The lowest BCUT2D eigenvalue weighted by molar-refractivity contribution is 0.0578. The Kier molecular flexibility index (Phi) is 6.52. The molecule has 0 radical (unpaired) electrons. The van der Waals surface area contributed by atoms with E-state index in [1.54, 1.807) is 6.07 Å². The zero-order chi connectivity index (χ0) is 21.9. The molecule has 0 aliphatic heterocycles. The van der Waals surface area contributed by atoms with Gasteiger partial charge in [-0.25, -0.2) is 9.78 Å². The summed E-state index contributed by atoms with van der Waals surface area (Å²) in [7, 11) is 0. The fourth-order valence-electron chi connectivity index (χ4n) is 2.92. The number of aromatic nitrogens is 3. The zero-order valence-corrected chi connectivity index (χ0v) is 18.4. The third-order valence-corrected chi connectivity index (χ3v) is 5.26. The molecule has 0 saturated carbocycles. The summed E-state index contributed by atoms with van der Waals surface area (Å²) in [5, 5.41) is 15.6. The van der Waals surface area contributed by atoms with Gasteiger partial charge in [0.05, 0.1) is 24.1 Å². The molecule has 0 bridgehead atoms. The molecule has 8 nitrogen and oxygen atoms in total. The smallest absolute Gasteiger partial charge is 0.416 e. The summed E-state index contributed by atoms with van der Waals surface area (Å²) >= 11 is 1.42. The first-order valence-electron chi connectivity index (χ1n) is 9.80. The second-order valence-electron chi connectivity index (χ2n) is 7.90. The third kappa shape index (κ3) is 4.68. The number of nitrogens with zero attached hydrogens (tertiary/aromatic N) is 4. The summed E-state index contributed by atoms with van der Waals surface area (Å²) in [5.74, 6) is 0.475. The van der Waals surface area contributed by atoms with Crippen LogP contribution < -0.4 is 4.90 Å². The van der Waals surface area contributed by atoms with Crippen LogP contribution in [0.15, 0.2) is 23.7 Å². The molecule has 0 aromatic carbocycles. The summed E-state index contributed by atoms with van der Waals surface area (Å²) in [5.41, 5.74) is 1.42. The number of aliphatic hydroxyl groups excluding tert-OH is 1. The van der Waals surface area contributed by atoms with Crippen LogP contribution in [0.3, 0.4) is 0 Å². The summed E-state index contributed by atoms with van der Waals surface area (Å²) in [6.45, 7) is 7.86. The van der Waals surface area contributed by atoms with Crippen molar-refractivity contribution >= 4 is 35.2 Å². The van der Waals surface area contributed by atoms with Gasteiger partial charge in [-0.3, -0.25) is 9.69 Å². The maximum atomic E-state index is 13.0. The first kappa shape index (κ1) is 21.9. The molecule has 0 atom stereocenters. The molecule has 1 N–H and O–H groups in total. The van der Waals surface area contributed by atoms with Crippen LogP contribution in [-0.2, 0) is 11.3 Å². The highest BCUT2D eigenvalue weighted by molar-refractivity contribution is 7.10. The number of ether oxygens (including phenoxy) is 1. The molecule has 3 aromatic rings. The maximum Gasteiger partial charge on any atom is 0.416 e. The number of rotatable bonds is 7. The lowest BCUT2D eigenvalue weighted by Crippen LogP contribution is -2.38. The van der Waals surface area contributed by atoms with Crippen molar-refractivity contribution in [3.8, 4) is 11.3 Å². The van der Waals surface area contributed by atoms with Crippen LogP contribution in [0.25, 0.3) is 16.9 Å². The fourth-order valence-corrected chi connectivity index (χ4v) is 3.65. The molecule has 160 valence electrons. The van der Waals surface area contributed by atoms with Crippen LogP contribution in [0, 0.1) is 0 Å². The van der Waals surface area contributed by atoms with E-state index in [2.05, 4.69) is 10.1 Å². The summed E-state index contributed by atoms with van der Waals surface area (Å²) < 4.78 is 7.12. The van der Waals surface area contributed by atoms with E-state index in [4.69, 9.17) is 4.74 Å². The van der Waals surface area contributed by atoms with E-state index in [0.717, 1.165) is 23.3 Å². The number of thiophene rings is 1. The topological polar surface area (TPSA) is 97.0 Å². The molecule has 3 rings (SSSR count). The highest BCUT2D eigenvalue weighted by atomic mass is 32.1. The summed E-state index contributed by atoms with van der Waals surface area (Å²) in [6.07, 6.45) is 3.30. The number of amides is 1. The van der Waals surface area contributed by atoms with Crippen LogP contribution in [0.2, 0.25) is 0 Å². The lowest BCUT2D eigenvalue weighted by Gasteiger charge is -2.27. The van der Waals surface area contributed by atoms with E-state index >= 15 is 0 Å². The molecule has 0 fully saturated rings. The first-order valence-corrected chi connectivity index (χ1v) is 10.7. The Hall–Kier alpha value is -2.78. The second-order valence-corrected chi connectivity index (χ2v) is 8.89. The zero-order valence-electron chi connectivity index (χ0n) is 17.6. The molecule has 3 aromatic heterocycles. The minimum atomic E-state index is -0.655. The first-order chi connectivity index (χ1) is 14.3. The van der Waals surface area contributed by atoms with Crippen molar-refractivity contribution in [1.82, 2.24) is 14.6 Å². The van der Waals surface area contributed by atoms with E-state index in [1.807, 2.05) is 39.1 Å². The second kappa shape index (κ2) is 8.93. The number of hydrogen-bond donors (Lipinski definition) is 1. The van der Waals surface area contributed by atoms with Crippen LogP contribution >= 0.6 is 11.3 Å². The predicted molar refractivity (Wildman–Crippen MR) is 116 cm³/mol. The van der Waals surface area contributed by atoms with Crippen molar-refractivity contribution in [3.05, 3.63) is 34.2 Å². The fraction of sp³-hybridized carbons (Fsp3) is 0.429. The van der Waals surface area contributed by atoms with Gasteiger partial charge in [-0.15, -0.1) is 11.3 Å². The molecule has 30 heavy (non-hydrogen) atoms. The number of unbranched alkanes of at least 4 members (excludes halogenated alkanes) is 1. The average molecular weight is 431 g/mol. The molecule has 0 aliphatic rings. The minimum absolute atomic E-state index is 0.0629. The normalized spacial score (nSPS) is 11.6. The Morgan fingerprint density at radius 3 is 2.73 bits per heavy atom. The molecule has 0 spiro atoms. The van der Waals surface area contributed by atoms with Gasteiger partial charge in [-0.2, -0.15) is 9.61 Å². The Bertz CT molecular complexity index is 1050.